The van der Waals surface area contributed by atoms with Crippen LogP contribution < -0.4 is 14.9 Å². The van der Waals surface area contributed by atoms with E-state index in [2.05, 4.69) is 42.9 Å². The summed E-state index contributed by atoms with van der Waals surface area (Å²) in [4.78, 5) is 33.1. The number of rotatable bonds is 15. The maximum atomic E-state index is 13.6. The molecule has 2 N–H and O–H groups in total. The molecule has 3 aliphatic rings. The van der Waals surface area contributed by atoms with Crippen LogP contribution in [0.5, 0.6) is 0 Å². The first-order chi connectivity index (χ1) is 29.1. The summed E-state index contributed by atoms with van der Waals surface area (Å²) in [5.41, 5.74) is 5.60. The Morgan fingerprint density at radius 2 is 1.63 bits per heavy atom. The minimum absolute atomic E-state index is 0. The summed E-state index contributed by atoms with van der Waals surface area (Å²) in [6, 6.07) is 35.3. The first-order valence-corrected chi connectivity index (χ1v) is 23.0. The molecule has 3 aliphatic heterocycles. The number of nitrogens with one attached hydrogen (secondary N) is 2. The number of hydrogen-bond acceptors (Lipinski definition) is 11. The smallest absolute Gasteiger partial charge is 0.293 e. The van der Waals surface area contributed by atoms with E-state index in [4.69, 9.17) is 16.3 Å². The number of benzene rings is 5. The molecule has 2 atom stereocenters. The van der Waals surface area contributed by atoms with E-state index in [1.54, 1.807) is 23.9 Å². The molecule has 12 nitrogen and oxygen atoms in total. The number of halogens is 3. The summed E-state index contributed by atoms with van der Waals surface area (Å²) in [7, 11) is -4.46. The van der Waals surface area contributed by atoms with Crippen LogP contribution in [0, 0.1) is 10.1 Å². The lowest BCUT2D eigenvalue weighted by atomic mass is 9.99. The summed E-state index contributed by atoms with van der Waals surface area (Å²) in [6.45, 7) is 7.09. The van der Waals surface area contributed by atoms with E-state index >= 15 is 0 Å². The molecule has 2 fully saturated rings. The molecule has 8 rings (SSSR count). The average Bonchev–Trinajstić information content (AvgIpc) is 3.63. The number of anilines is 2. The molecule has 0 radical (unpaired) electrons. The Kier molecular flexibility index (Phi) is 16.2. The third-order valence-electron chi connectivity index (χ3n) is 11.4. The number of morpholine rings is 1. The maximum Gasteiger partial charge on any atom is 0.293 e. The zero-order valence-electron chi connectivity index (χ0n) is 33.9. The molecule has 1 amide bonds. The van der Waals surface area contributed by atoms with Crippen molar-refractivity contribution in [3.05, 3.63) is 147 Å². The lowest BCUT2D eigenvalue weighted by molar-refractivity contribution is -0.384. The Morgan fingerprint density at radius 3 is 2.39 bits per heavy atom. The van der Waals surface area contributed by atoms with Gasteiger partial charge in [0.15, 0.2) is 0 Å². The van der Waals surface area contributed by atoms with Crippen molar-refractivity contribution < 1.29 is 22.9 Å². The first-order valence-electron chi connectivity index (χ1n) is 20.2. The van der Waals surface area contributed by atoms with Crippen molar-refractivity contribution in [3.8, 4) is 11.1 Å². The van der Waals surface area contributed by atoms with Gasteiger partial charge in [-0.25, -0.2) is 13.1 Å². The molecule has 328 valence electrons. The second-order valence-electron chi connectivity index (χ2n) is 15.4. The largest absolute Gasteiger partial charge is 0.379 e. The van der Waals surface area contributed by atoms with Gasteiger partial charge in [-0.15, -0.1) is 36.6 Å². The minimum atomic E-state index is -4.46. The van der Waals surface area contributed by atoms with Gasteiger partial charge in [-0.3, -0.25) is 24.7 Å². The fourth-order valence-corrected chi connectivity index (χ4v) is 10.4. The predicted molar refractivity (Wildman–Crippen MR) is 252 cm³/mol. The van der Waals surface area contributed by atoms with Crippen LogP contribution in [-0.2, 0) is 27.7 Å². The number of thioether (sulfide) groups is 1. The Bertz CT molecular complexity index is 2450. The monoisotopic (exact) mass is 938 g/mol. The number of nitrogens with zero attached hydrogens (tertiary/aromatic N) is 4. The Labute approximate surface area is 384 Å². The van der Waals surface area contributed by atoms with Gasteiger partial charge >= 0.3 is 0 Å². The number of carbonyl (C=O) groups excluding carboxylic acids is 1. The summed E-state index contributed by atoms with van der Waals surface area (Å²) >= 11 is 7.80. The fraction of sp³-hybridized carbons (Fsp3) is 0.311. The van der Waals surface area contributed by atoms with E-state index in [1.165, 1.54) is 23.3 Å². The zero-order chi connectivity index (χ0) is 41.6. The van der Waals surface area contributed by atoms with Crippen molar-refractivity contribution in [2.45, 2.75) is 41.3 Å². The lowest BCUT2D eigenvalue weighted by Gasteiger charge is -2.39. The maximum absolute atomic E-state index is 13.6. The van der Waals surface area contributed by atoms with Gasteiger partial charge in [0.05, 0.1) is 23.0 Å². The normalized spacial score (nSPS) is 16.9. The number of nitro benzene ring substituents is 1. The number of nitro groups is 1. The van der Waals surface area contributed by atoms with Crippen molar-refractivity contribution in [2.24, 2.45) is 0 Å². The van der Waals surface area contributed by atoms with Gasteiger partial charge in [0.25, 0.3) is 21.6 Å². The standard InChI is InChI=1S/C45H47ClN6O6S2.2ClH/c46-36-13-10-32(11-14-36)41-9-5-4-6-34(41)29-50-20-21-51-38(30-50)27-35-26-33(12-17-43(35)51)45(53)48-60(56,57)40-15-16-42(44(28-40)52(54)55)47-37(18-19-49-22-24-58-25-23-49)31-59-39-7-2-1-3-8-39;;/h1-17,26,28,37-38,47H,18-25,27,29-31H2,(H,48,53);2*1H/t37-,38-;;/m1../s1. The highest BCUT2D eigenvalue weighted by Gasteiger charge is 2.35. The summed E-state index contributed by atoms with van der Waals surface area (Å²) < 4.78 is 34.9. The van der Waals surface area contributed by atoms with Crippen molar-refractivity contribution >= 4 is 81.2 Å². The highest BCUT2D eigenvalue weighted by atomic mass is 35.5. The van der Waals surface area contributed by atoms with Crippen molar-refractivity contribution in [1.82, 2.24) is 14.5 Å². The molecule has 0 unspecified atom stereocenters. The molecular weight excluding hydrogens is 891 g/mol. The van der Waals surface area contributed by atoms with Gasteiger partial charge in [-0.05, 0) is 89.7 Å². The molecule has 2 saturated heterocycles. The number of amides is 1. The van der Waals surface area contributed by atoms with Gasteiger partial charge in [-0.1, -0.05) is 66.2 Å². The molecule has 62 heavy (non-hydrogen) atoms. The molecule has 0 bridgehead atoms. The number of fused-ring (bicyclic) bond motifs is 3. The number of piperazine rings is 1. The Hall–Kier alpha value is -4.38. The molecule has 5 aromatic carbocycles. The predicted octanol–water partition coefficient (Wildman–Crippen LogP) is 8.42. The van der Waals surface area contributed by atoms with Crippen LogP contribution in [0.25, 0.3) is 11.1 Å². The van der Waals surface area contributed by atoms with Crippen LogP contribution >= 0.6 is 48.2 Å². The van der Waals surface area contributed by atoms with E-state index in [0.717, 1.165) is 80.0 Å². The van der Waals surface area contributed by atoms with Crippen LogP contribution in [0.4, 0.5) is 17.1 Å². The van der Waals surface area contributed by atoms with Gasteiger partial charge in [0.2, 0.25) is 0 Å². The topological polar surface area (TPSA) is 137 Å². The second kappa shape index (κ2) is 21.3. The van der Waals surface area contributed by atoms with Crippen molar-refractivity contribution in [2.75, 3.05) is 68.5 Å². The molecule has 3 heterocycles. The lowest BCUT2D eigenvalue weighted by Crippen LogP contribution is -2.51. The summed E-state index contributed by atoms with van der Waals surface area (Å²) in [5, 5.41) is 16.4. The third kappa shape index (κ3) is 11.4. The first kappa shape index (κ1) is 47.1. The van der Waals surface area contributed by atoms with Crippen molar-refractivity contribution in [1.29, 1.82) is 0 Å². The van der Waals surface area contributed by atoms with Gasteiger partial charge in [0.1, 0.15) is 5.69 Å². The van der Waals surface area contributed by atoms with Crippen LogP contribution in [0.15, 0.2) is 125 Å². The third-order valence-corrected chi connectivity index (χ3v) is 14.1. The SMILES string of the molecule is Cl.Cl.O=C(NS(=O)(=O)c1ccc(N[C@H](CCN2CCOCC2)CSc2ccccc2)c([N+](=O)[O-])c1)c1ccc2c(c1)C[C@@H]1CN(Cc3ccccc3-c3ccc(Cl)cc3)CCN21. The number of ether oxygens (including phenoxy) is 1. The van der Waals surface area contributed by atoms with E-state index in [9.17, 15) is 23.3 Å². The number of hydrogen-bond donors (Lipinski definition) is 2. The van der Waals surface area contributed by atoms with E-state index in [0.29, 0.717) is 30.4 Å². The van der Waals surface area contributed by atoms with Crippen molar-refractivity contribution in [3.63, 3.8) is 0 Å². The van der Waals surface area contributed by atoms with Gasteiger partial charge in [-0.2, -0.15) is 0 Å². The fourth-order valence-electron chi connectivity index (χ4n) is 8.27. The molecule has 0 spiro atoms. The molecule has 0 aromatic heterocycles. The average molecular weight is 940 g/mol. The van der Waals surface area contributed by atoms with E-state index < -0.39 is 20.9 Å². The molecule has 0 saturated carbocycles. The van der Waals surface area contributed by atoms with E-state index in [1.807, 2.05) is 66.7 Å². The van der Waals surface area contributed by atoms with Crippen LogP contribution in [0.1, 0.15) is 27.9 Å². The van der Waals surface area contributed by atoms with E-state index in [-0.39, 0.29) is 58.7 Å². The minimum Gasteiger partial charge on any atom is -0.379 e. The highest BCUT2D eigenvalue weighted by molar-refractivity contribution is 7.99. The Balaban J connectivity index is 0.00000321. The van der Waals surface area contributed by atoms with Crippen LogP contribution in [-0.4, -0.2) is 99.4 Å². The number of carbonyl (C=O) groups is 1. The second-order valence-corrected chi connectivity index (χ2v) is 18.6. The van der Waals surface area contributed by atoms with Crippen LogP contribution in [0.2, 0.25) is 5.02 Å². The molecule has 0 aliphatic carbocycles. The Morgan fingerprint density at radius 1 is 0.887 bits per heavy atom. The summed E-state index contributed by atoms with van der Waals surface area (Å²) in [6.07, 6.45) is 1.43. The molecular formula is C45H49Cl3N6O6S2. The summed E-state index contributed by atoms with van der Waals surface area (Å²) in [5.74, 6) is -0.159. The van der Waals surface area contributed by atoms with Gasteiger partial charge < -0.3 is 15.0 Å². The number of sulfonamides is 1. The molecule has 17 heteroatoms. The zero-order valence-corrected chi connectivity index (χ0v) is 37.9. The van der Waals surface area contributed by atoms with Gasteiger partial charge in [0, 0.05) is 90.9 Å². The molecule has 5 aromatic rings. The van der Waals surface area contributed by atoms with Crippen LogP contribution in [0.3, 0.4) is 0 Å². The highest BCUT2D eigenvalue weighted by Crippen LogP contribution is 2.36. The quantitative estimate of drug-likeness (QED) is 0.0595.